The molecule has 2 aromatic heterocycles. The van der Waals surface area contributed by atoms with Crippen molar-refractivity contribution >= 4 is 64.1 Å². The summed E-state index contributed by atoms with van der Waals surface area (Å²) in [7, 11) is 0. The van der Waals surface area contributed by atoms with Crippen molar-refractivity contribution in [1.82, 2.24) is 9.55 Å². The van der Waals surface area contributed by atoms with Gasteiger partial charge in [-0.2, -0.15) is 0 Å². The van der Waals surface area contributed by atoms with Crippen molar-refractivity contribution in [1.29, 1.82) is 0 Å². The number of aromatic nitrogens is 2. The highest BCUT2D eigenvalue weighted by Gasteiger charge is 2.24. The van der Waals surface area contributed by atoms with Gasteiger partial charge >= 0.3 is 0 Å². The Hall–Kier alpha value is -6.81. The Kier molecular flexibility index (Phi) is 5.12. The second kappa shape index (κ2) is 12.4. The maximum Gasteiger partial charge on any atom is 0.146 e. The minimum atomic E-state index is -0.489. The summed E-state index contributed by atoms with van der Waals surface area (Å²) < 4.78 is 90.9. The van der Waals surface area contributed by atoms with Gasteiger partial charge in [0.2, 0.25) is 0 Å². The van der Waals surface area contributed by atoms with Crippen LogP contribution in [0.1, 0.15) is 13.7 Å². The number of imidazole rings is 1. The van der Waals surface area contributed by atoms with Crippen molar-refractivity contribution in [2.45, 2.75) is 0 Å². The molecule has 0 radical (unpaired) electrons. The van der Waals surface area contributed by atoms with E-state index in [1.165, 1.54) is 0 Å². The Bertz CT molecular complexity index is 3760. The van der Waals surface area contributed by atoms with Crippen LogP contribution >= 0.6 is 11.3 Å². The largest absolute Gasteiger partial charge is 0.292 e. The second-order valence-corrected chi connectivity index (χ2v) is 14.2. The van der Waals surface area contributed by atoms with Crippen LogP contribution in [0.25, 0.3) is 103 Å². The minimum absolute atomic E-state index is 0.0195. The van der Waals surface area contributed by atoms with Crippen LogP contribution in [-0.4, -0.2) is 9.55 Å². The van der Waals surface area contributed by atoms with Crippen LogP contribution in [0, 0.1) is 0 Å². The van der Waals surface area contributed by atoms with E-state index in [4.69, 9.17) is 18.7 Å². The van der Waals surface area contributed by atoms with Gasteiger partial charge in [0.1, 0.15) is 5.82 Å². The molecule has 0 atom stereocenters. The molecular formula is C51H32N2S. The highest BCUT2D eigenvalue weighted by atomic mass is 32.1. The quantitative estimate of drug-likeness (QED) is 0.162. The molecule has 0 aliphatic carbocycles. The Morgan fingerprint density at radius 1 is 0.463 bits per heavy atom. The van der Waals surface area contributed by atoms with Gasteiger partial charge in [0.05, 0.1) is 24.7 Å². The molecular weight excluding hydrogens is 673 g/mol. The average Bonchev–Trinajstić information content (AvgIpc) is 3.90. The van der Waals surface area contributed by atoms with Gasteiger partial charge in [-0.25, -0.2) is 4.98 Å². The molecule has 0 fully saturated rings. The fourth-order valence-corrected chi connectivity index (χ4v) is 9.11. The zero-order valence-electron chi connectivity index (χ0n) is 38.5. The molecule has 0 saturated carbocycles. The number of hydrogen-bond acceptors (Lipinski definition) is 2. The summed E-state index contributed by atoms with van der Waals surface area (Å²) >= 11 is 1.72. The molecule has 11 rings (SSSR count). The molecule has 0 amide bonds. The van der Waals surface area contributed by atoms with E-state index in [1.54, 1.807) is 15.9 Å². The normalized spacial score (nSPS) is 14.3. The van der Waals surface area contributed by atoms with E-state index < -0.39 is 36.3 Å². The molecule has 2 heterocycles. The van der Waals surface area contributed by atoms with Gasteiger partial charge in [-0.05, 0) is 97.3 Å². The van der Waals surface area contributed by atoms with E-state index in [1.807, 2.05) is 91.0 Å². The summed E-state index contributed by atoms with van der Waals surface area (Å²) in [5.41, 5.74) is 5.82. The molecule has 2 nitrogen and oxygen atoms in total. The summed E-state index contributed by atoms with van der Waals surface area (Å²) in [6.45, 7) is 0. The van der Waals surface area contributed by atoms with Crippen LogP contribution in [0.2, 0.25) is 0 Å². The molecule has 0 saturated heterocycles. The first-order valence-electron chi connectivity index (χ1n) is 22.6. The molecule has 9 aromatic carbocycles. The van der Waals surface area contributed by atoms with Gasteiger partial charge in [0.25, 0.3) is 0 Å². The van der Waals surface area contributed by atoms with Gasteiger partial charge in [-0.15, -0.1) is 11.3 Å². The number of para-hydroxylation sites is 3. The molecule has 0 spiro atoms. The van der Waals surface area contributed by atoms with Crippen LogP contribution in [-0.2, 0) is 0 Å². The van der Waals surface area contributed by atoms with Crippen LogP contribution in [0.3, 0.4) is 0 Å². The van der Waals surface area contributed by atoms with Crippen molar-refractivity contribution in [3.8, 4) is 50.5 Å². The number of rotatable bonds is 5. The highest BCUT2D eigenvalue weighted by Crippen LogP contribution is 2.50. The standard InChI is InChI=1S/C51H32N2S/c1-3-16-33(17-4-1)34-30-31-39-43(32-34)49(42-25-15-29-47-50(42)41-24-11-14-28-46(41)54-47)37-21-8-7-20-36(37)48(39)38-22-9-10-23-40(38)51-52-44-26-12-13-27-45(44)53(51)35-18-5-2-6-19-35/h1-32H/i1D,2D,3D,4D,5D,6D,16D,17D,18D,19D. The molecule has 0 aliphatic rings. The van der Waals surface area contributed by atoms with Crippen molar-refractivity contribution in [2.75, 3.05) is 0 Å². The van der Waals surface area contributed by atoms with E-state index in [-0.39, 0.29) is 35.4 Å². The van der Waals surface area contributed by atoms with Crippen LogP contribution in [0.4, 0.5) is 0 Å². The first kappa shape index (κ1) is 22.3. The molecule has 0 bridgehead atoms. The SMILES string of the molecule is [2H]c1c([2H])c([2H])c(-c2ccc3c(-c4ccccc4-c4nc5ccccc5n4-c4c([2H])c([2H])c([2H])c([2H])c4[2H])c4ccccc4c(-c4cccc5sc6ccccc6c45)c3c2)c([2H])c1[2H]. The highest BCUT2D eigenvalue weighted by molar-refractivity contribution is 7.25. The smallest absolute Gasteiger partial charge is 0.146 e. The van der Waals surface area contributed by atoms with Crippen LogP contribution in [0.15, 0.2) is 194 Å². The lowest BCUT2D eigenvalue weighted by Gasteiger charge is -2.21. The lowest BCUT2D eigenvalue weighted by Crippen LogP contribution is -1.99. The molecule has 3 heteroatoms. The van der Waals surface area contributed by atoms with E-state index in [0.717, 1.165) is 64.0 Å². The molecule has 54 heavy (non-hydrogen) atoms. The third-order valence-electron chi connectivity index (χ3n) is 10.2. The van der Waals surface area contributed by atoms with Gasteiger partial charge in [-0.1, -0.05) is 151 Å². The fourth-order valence-electron chi connectivity index (χ4n) is 7.98. The molecule has 0 aliphatic heterocycles. The summed E-state index contributed by atoms with van der Waals surface area (Å²) in [5, 5.41) is 5.63. The van der Waals surface area contributed by atoms with Crippen molar-refractivity contribution in [3.05, 3.63) is 194 Å². The van der Waals surface area contributed by atoms with Crippen molar-refractivity contribution in [3.63, 3.8) is 0 Å². The molecule has 252 valence electrons. The maximum atomic E-state index is 9.06. The Morgan fingerprint density at radius 2 is 1.07 bits per heavy atom. The predicted molar refractivity (Wildman–Crippen MR) is 231 cm³/mol. The van der Waals surface area contributed by atoms with E-state index in [0.29, 0.717) is 28.0 Å². The second-order valence-electron chi connectivity index (χ2n) is 13.1. The number of thiophene rings is 1. The number of benzene rings is 9. The van der Waals surface area contributed by atoms with E-state index in [9.17, 15) is 0 Å². The van der Waals surface area contributed by atoms with Crippen LogP contribution in [0.5, 0.6) is 0 Å². The first-order valence-corrected chi connectivity index (χ1v) is 18.4. The zero-order valence-corrected chi connectivity index (χ0v) is 29.3. The third-order valence-corrected chi connectivity index (χ3v) is 11.3. The molecule has 0 unspecified atom stereocenters. The van der Waals surface area contributed by atoms with Crippen molar-refractivity contribution < 1.29 is 13.7 Å². The average molecular weight is 715 g/mol. The van der Waals surface area contributed by atoms with Gasteiger partial charge in [-0.3, -0.25) is 4.57 Å². The summed E-state index contributed by atoms with van der Waals surface area (Å²) in [6, 6.07) is 39.6. The topological polar surface area (TPSA) is 17.8 Å². The number of hydrogen-bond donors (Lipinski definition) is 0. The maximum absolute atomic E-state index is 9.06. The first-order chi connectivity index (χ1) is 31.0. The molecule has 0 N–H and O–H groups in total. The van der Waals surface area contributed by atoms with Gasteiger partial charge in [0.15, 0.2) is 0 Å². The van der Waals surface area contributed by atoms with Crippen LogP contribution < -0.4 is 0 Å². The number of fused-ring (bicyclic) bond motifs is 6. The van der Waals surface area contributed by atoms with E-state index in [2.05, 4.69) is 42.5 Å². The Balaban J connectivity index is 1.30. The van der Waals surface area contributed by atoms with Crippen molar-refractivity contribution in [2.24, 2.45) is 0 Å². The third kappa shape index (κ3) is 4.76. The van der Waals surface area contributed by atoms with E-state index >= 15 is 0 Å². The molecule has 11 aromatic rings. The summed E-state index contributed by atoms with van der Waals surface area (Å²) in [6.07, 6.45) is 0. The Labute approximate surface area is 330 Å². The monoisotopic (exact) mass is 714 g/mol. The lowest BCUT2D eigenvalue weighted by atomic mass is 9.83. The van der Waals surface area contributed by atoms with Gasteiger partial charge in [0, 0.05) is 31.4 Å². The zero-order chi connectivity index (χ0) is 44.3. The number of nitrogens with zero attached hydrogens (tertiary/aromatic N) is 2. The summed E-state index contributed by atoms with van der Waals surface area (Å²) in [5.74, 6) is 0.377. The lowest BCUT2D eigenvalue weighted by molar-refractivity contribution is 1.10. The predicted octanol–water partition coefficient (Wildman–Crippen LogP) is 14.4. The minimum Gasteiger partial charge on any atom is -0.292 e. The van der Waals surface area contributed by atoms with Gasteiger partial charge < -0.3 is 0 Å². The summed E-state index contributed by atoms with van der Waals surface area (Å²) in [4.78, 5) is 5.12. The fraction of sp³-hybridized carbons (Fsp3) is 0. The Morgan fingerprint density at radius 3 is 1.89 bits per heavy atom.